The molecule has 1 aromatic carbocycles. The number of benzene rings is 1. The third kappa shape index (κ3) is 4.34. The molecule has 0 aromatic heterocycles. The van der Waals surface area contributed by atoms with Crippen LogP contribution >= 0.6 is 0 Å². The van der Waals surface area contributed by atoms with Gasteiger partial charge in [-0.05, 0) is 24.0 Å². The van der Waals surface area contributed by atoms with Gasteiger partial charge in [-0.2, -0.15) is 13.2 Å². The molecule has 6 nitrogen and oxygen atoms in total. The molecule has 3 amide bonds. The van der Waals surface area contributed by atoms with E-state index in [0.717, 1.165) is 5.56 Å². The number of allylic oxidation sites excluding steroid dienone is 1. The summed E-state index contributed by atoms with van der Waals surface area (Å²) in [7, 11) is 1.54. The summed E-state index contributed by atoms with van der Waals surface area (Å²) in [5.74, 6) is -5.08. The van der Waals surface area contributed by atoms with Gasteiger partial charge in [0, 0.05) is 6.54 Å². The van der Waals surface area contributed by atoms with E-state index in [1.54, 1.807) is 26.2 Å². The number of amides is 3. The van der Waals surface area contributed by atoms with Gasteiger partial charge in [0.1, 0.15) is 12.3 Å². The second-order valence-corrected chi connectivity index (χ2v) is 7.55. The van der Waals surface area contributed by atoms with E-state index in [9.17, 15) is 27.6 Å². The Morgan fingerprint density at radius 2 is 1.87 bits per heavy atom. The van der Waals surface area contributed by atoms with Gasteiger partial charge in [-0.15, -0.1) is 0 Å². The Morgan fingerprint density at radius 3 is 2.53 bits per heavy atom. The molecule has 4 atom stereocenters. The number of nitrogens with one attached hydrogen (secondary N) is 1. The number of likely N-dealkylation sites (tertiary alicyclic amines) is 1. The van der Waals surface area contributed by atoms with Crippen LogP contribution in [0.1, 0.15) is 12.5 Å². The van der Waals surface area contributed by atoms with Gasteiger partial charge in [-0.1, -0.05) is 37.3 Å². The van der Waals surface area contributed by atoms with Crippen LogP contribution in [-0.2, 0) is 20.8 Å². The smallest absolute Gasteiger partial charge is 0.406 e. The molecule has 0 bridgehead atoms. The van der Waals surface area contributed by atoms with Crippen molar-refractivity contribution in [1.82, 2.24) is 10.2 Å². The molecule has 1 aliphatic heterocycles. The summed E-state index contributed by atoms with van der Waals surface area (Å²) in [6.07, 6.45) is -1.15. The molecule has 0 unspecified atom stereocenters. The highest BCUT2D eigenvalue weighted by Gasteiger charge is 2.56. The first-order valence-corrected chi connectivity index (χ1v) is 9.64. The molecule has 3 rings (SSSR count). The van der Waals surface area contributed by atoms with Crippen molar-refractivity contribution in [3.8, 4) is 5.75 Å². The molecule has 30 heavy (non-hydrogen) atoms. The number of fused-ring (bicyclic) bond motifs is 1. The molecule has 162 valence electrons. The molecule has 1 aliphatic carbocycles. The highest BCUT2D eigenvalue weighted by molar-refractivity contribution is 6.08. The van der Waals surface area contributed by atoms with Crippen LogP contribution in [0.3, 0.4) is 0 Å². The third-order valence-corrected chi connectivity index (χ3v) is 5.59. The lowest BCUT2D eigenvalue weighted by Gasteiger charge is -2.30. The van der Waals surface area contributed by atoms with E-state index in [0.29, 0.717) is 12.2 Å². The zero-order valence-electron chi connectivity index (χ0n) is 16.6. The molecule has 0 saturated carbocycles. The van der Waals surface area contributed by atoms with Crippen LogP contribution in [0.5, 0.6) is 5.75 Å². The molecule has 2 aliphatic rings. The van der Waals surface area contributed by atoms with Crippen molar-refractivity contribution < 1.29 is 32.3 Å². The summed E-state index contributed by atoms with van der Waals surface area (Å²) in [5, 5.41) is 2.76. The Hall–Kier alpha value is -2.84. The number of carbonyl (C=O) groups is 3. The number of nitrogens with zero attached hydrogens (tertiary/aromatic N) is 1. The number of rotatable bonds is 6. The predicted octanol–water partition coefficient (Wildman–Crippen LogP) is 2.34. The molecule has 1 N–H and O–H groups in total. The zero-order chi connectivity index (χ0) is 22.1. The topological polar surface area (TPSA) is 75.7 Å². The minimum atomic E-state index is -4.69. The molecular formula is C21H23F3N2O4. The van der Waals surface area contributed by atoms with Gasteiger partial charge in [0.25, 0.3) is 0 Å². The number of alkyl halides is 3. The largest absolute Gasteiger partial charge is 0.496 e. The molecule has 1 saturated heterocycles. The Bertz CT molecular complexity index is 868. The summed E-state index contributed by atoms with van der Waals surface area (Å²) in [6, 6.07) is 7.33. The number of para-hydroxylation sites is 1. The first-order valence-electron chi connectivity index (χ1n) is 9.64. The maximum absolute atomic E-state index is 12.9. The molecule has 0 spiro atoms. The average molecular weight is 424 g/mol. The lowest BCUT2D eigenvalue weighted by atomic mass is 9.71. The van der Waals surface area contributed by atoms with Crippen LogP contribution < -0.4 is 10.1 Å². The zero-order valence-corrected chi connectivity index (χ0v) is 16.6. The summed E-state index contributed by atoms with van der Waals surface area (Å²) in [6.45, 7) is 0.335. The van der Waals surface area contributed by atoms with E-state index in [1.165, 1.54) is 6.08 Å². The summed E-state index contributed by atoms with van der Waals surface area (Å²) in [5.41, 5.74) is 0.887. The van der Waals surface area contributed by atoms with Gasteiger partial charge in [0.15, 0.2) is 0 Å². The first kappa shape index (κ1) is 21.9. The maximum Gasteiger partial charge on any atom is 0.406 e. The number of imide groups is 1. The number of hydrogen-bond donors (Lipinski definition) is 1. The lowest BCUT2D eigenvalue weighted by Crippen LogP contribution is -2.45. The van der Waals surface area contributed by atoms with Crippen molar-refractivity contribution >= 4 is 17.7 Å². The second kappa shape index (κ2) is 8.49. The van der Waals surface area contributed by atoms with E-state index < -0.39 is 48.2 Å². The van der Waals surface area contributed by atoms with Crippen LogP contribution in [-0.4, -0.2) is 49.0 Å². The Morgan fingerprint density at radius 1 is 1.17 bits per heavy atom. The van der Waals surface area contributed by atoms with E-state index in [4.69, 9.17) is 4.74 Å². The minimum absolute atomic E-state index is 0.229. The lowest BCUT2D eigenvalue weighted by molar-refractivity contribution is -0.166. The van der Waals surface area contributed by atoms with Crippen LogP contribution in [0.2, 0.25) is 0 Å². The fourth-order valence-electron chi connectivity index (χ4n) is 4.18. The van der Waals surface area contributed by atoms with Crippen LogP contribution in [0, 0.1) is 23.7 Å². The number of halogens is 3. The normalized spacial score (nSPS) is 26.0. The fourth-order valence-corrected chi connectivity index (χ4v) is 4.18. The summed E-state index contributed by atoms with van der Waals surface area (Å²) >= 11 is 0. The Balaban J connectivity index is 1.71. The SMILES string of the molecule is COc1ccccc1CCNC(=O)[C@H]1[C@@H]2C(=O)N(CC(F)(F)F)C(=O)[C@H]2C=C[C@H]1C. The highest BCUT2D eigenvalue weighted by atomic mass is 19.4. The van der Waals surface area contributed by atoms with E-state index >= 15 is 0 Å². The van der Waals surface area contributed by atoms with Gasteiger partial charge < -0.3 is 10.1 Å². The molecule has 0 radical (unpaired) electrons. The Labute approximate surface area is 172 Å². The maximum atomic E-state index is 12.9. The fraction of sp³-hybridized carbons (Fsp3) is 0.476. The van der Waals surface area contributed by atoms with Crippen molar-refractivity contribution in [2.24, 2.45) is 23.7 Å². The highest BCUT2D eigenvalue weighted by Crippen LogP contribution is 2.41. The van der Waals surface area contributed by atoms with E-state index in [1.807, 2.05) is 18.2 Å². The molecule has 1 aromatic rings. The van der Waals surface area contributed by atoms with Crippen molar-refractivity contribution in [2.45, 2.75) is 19.5 Å². The van der Waals surface area contributed by atoms with Crippen LogP contribution in [0.25, 0.3) is 0 Å². The van der Waals surface area contributed by atoms with Gasteiger partial charge in [0.05, 0.1) is 24.9 Å². The standard InChI is InChI=1S/C21H23F3N2O4/c1-12-7-8-14-17(20(29)26(19(14)28)11-21(22,23)24)16(12)18(27)25-10-9-13-5-3-4-6-15(13)30-2/h3-8,12,14,16-17H,9-11H2,1-2H3,(H,25,27)/t12-,14+,16-,17-/m1/s1. The van der Waals surface area contributed by atoms with Crippen LogP contribution in [0.4, 0.5) is 13.2 Å². The summed E-state index contributed by atoms with van der Waals surface area (Å²) in [4.78, 5) is 38.1. The molecular weight excluding hydrogens is 401 g/mol. The van der Waals surface area contributed by atoms with Gasteiger partial charge >= 0.3 is 6.18 Å². The molecule has 9 heteroatoms. The quantitative estimate of drug-likeness (QED) is 0.562. The second-order valence-electron chi connectivity index (χ2n) is 7.55. The number of methoxy groups -OCH3 is 1. The van der Waals surface area contributed by atoms with Crippen molar-refractivity contribution in [3.05, 3.63) is 42.0 Å². The first-order chi connectivity index (χ1) is 14.1. The third-order valence-electron chi connectivity index (χ3n) is 5.59. The number of ether oxygens (including phenoxy) is 1. The van der Waals surface area contributed by atoms with E-state index in [-0.39, 0.29) is 17.4 Å². The van der Waals surface area contributed by atoms with Crippen molar-refractivity contribution in [2.75, 3.05) is 20.2 Å². The van der Waals surface area contributed by atoms with Crippen molar-refractivity contribution in [1.29, 1.82) is 0 Å². The molecule has 1 fully saturated rings. The van der Waals surface area contributed by atoms with Gasteiger partial charge in [0.2, 0.25) is 17.7 Å². The monoisotopic (exact) mass is 424 g/mol. The predicted molar refractivity (Wildman–Crippen MR) is 101 cm³/mol. The summed E-state index contributed by atoms with van der Waals surface area (Å²) < 4.78 is 43.7. The van der Waals surface area contributed by atoms with Crippen molar-refractivity contribution in [3.63, 3.8) is 0 Å². The van der Waals surface area contributed by atoms with E-state index in [2.05, 4.69) is 5.32 Å². The average Bonchev–Trinajstić information content (AvgIpc) is 2.91. The van der Waals surface area contributed by atoms with Gasteiger partial charge in [-0.3, -0.25) is 19.3 Å². The Kier molecular flexibility index (Phi) is 6.19. The minimum Gasteiger partial charge on any atom is -0.496 e. The molecule has 1 heterocycles. The van der Waals surface area contributed by atoms with Crippen LogP contribution in [0.15, 0.2) is 36.4 Å². The number of hydrogen-bond acceptors (Lipinski definition) is 4. The van der Waals surface area contributed by atoms with Gasteiger partial charge in [-0.25, -0.2) is 0 Å². The number of carbonyl (C=O) groups excluding carboxylic acids is 3.